The van der Waals surface area contributed by atoms with Gasteiger partial charge in [0, 0.05) is 0 Å². The van der Waals surface area contributed by atoms with E-state index in [1.807, 2.05) is 20.8 Å². The van der Waals surface area contributed by atoms with Crippen molar-refractivity contribution in [1.29, 1.82) is 0 Å². The fraction of sp³-hybridized carbons (Fsp3) is 0.900. The fourth-order valence-corrected chi connectivity index (χ4v) is 1.24. The SMILES string of the molecule is CC(C)COC(=O)C(C)C1CNC1. The van der Waals surface area contributed by atoms with Crippen molar-refractivity contribution in [2.75, 3.05) is 19.7 Å². The highest BCUT2D eigenvalue weighted by atomic mass is 16.5. The average molecular weight is 185 g/mol. The van der Waals surface area contributed by atoms with E-state index in [1.54, 1.807) is 0 Å². The molecule has 1 atom stereocenters. The number of ether oxygens (including phenoxy) is 1. The van der Waals surface area contributed by atoms with Crippen LogP contribution in [0.15, 0.2) is 0 Å². The van der Waals surface area contributed by atoms with Crippen LogP contribution in [0.25, 0.3) is 0 Å². The smallest absolute Gasteiger partial charge is 0.309 e. The van der Waals surface area contributed by atoms with E-state index in [9.17, 15) is 4.79 Å². The molecule has 1 saturated heterocycles. The first-order valence-corrected chi connectivity index (χ1v) is 4.98. The van der Waals surface area contributed by atoms with Crippen molar-refractivity contribution >= 4 is 5.97 Å². The van der Waals surface area contributed by atoms with Crippen LogP contribution in [0.2, 0.25) is 0 Å². The third-order valence-electron chi connectivity index (χ3n) is 2.45. The van der Waals surface area contributed by atoms with Crippen LogP contribution < -0.4 is 5.32 Å². The van der Waals surface area contributed by atoms with Gasteiger partial charge in [0.15, 0.2) is 0 Å². The Labute approximate surface area is 79.8 Å². The maximum Gasteiger partial charge on any atom is 0.309 e. The number of esters is 1. The summed E-state index contributed by atoms with van der Waals surface area (Å²) in [7, 11) is 0. The van der Waals surface area contributed by atoms with E-state index < -0.39 is 0 Å². The van der Waals surface area contributed by atoms with Crippen molar-refractivity contribution in [3.8, 4) is 0 Å². The van der Waals surface area contributed by atoms with Gasteiger partial charge in [0.05, 0.1) is 12.5 Å². The lowest BCUT2D eigenvalue weighted by atomic mass is 9.89. The minimum atomic E-state index is -0.0415. The van der Waals surface area contributed by atoms with Gasteiger partial charge in [-0.3, -0.25) is 4.79 Å². The predicted octanol–water partition coefficient (Wildman–Crippen LogP) is 1.04. The van der Waals surface area contributed by atoms with Crippen molar-refractivity contribution in [2.45, 2.75) is 20.8 Å². The van der Waals surface area contributed by atoms with E-state index in [1.165, 1.54) is 0 Å². The Morgan fingerprint density at radius 3 is 2.46 bits per heavy atom. The van der Waals surface area contributed by atoms with Gasteiger partial charge in [-0.15, -0.1) is 0 Å². The highest BCUT2D eigenvalue weighted by Gasteiger charge is 2.29. The Hall–Kier alpha value is -0.570. The van der Waals surface area contributed by atoms with Gasteiger partial charge in [-0.1, -0.05) is 20.8 Å². The van der Waals surface area contributed by atoms with Crippen LogP contribution in [0.1, 0.15) is 20.8 Å². The van der Waals surface area contributed by atoms with Gasteiger partial charge < -0.3 is 10.1 Å². The second kappa shape index (κ2) is 4.61. The van der Waals surface area contributed by atoms with Crippen molar-refractivity contribution < 1.29 is 9.53 Å². The average Bonchev–Trinajstić information content (AvgIpc) is 1.96. The molecule has 1 aliphatic heterocycles. The summed E-state index contributed by atoms with van der Waals surface area (Å²) in [6, 6.07) is 0. The predicted molar refractivity (Wildman–Crippen MR) is 51.3 cm³/mol. The van der Waals surface area contributed by atoms with E-state index in [0.29, 0.717) is 18.4 Å². The summed E-state index contributed by atoms with van der Waals surface area (Å²) in [5.74, 6) is 0.926. The summed E-state index contributed by atoms with van der Waals surface area (Å²) < 4.78 is 5.16. The summed E-state index contributed by atoms with van der Waals surface area (Å²) in [4.78, 5) is 11.4. The Kier molecular flexibility index (Phi) is 3.72. The van der Waals surface area contributed by atoms with E-state index in [-0.39, 0.29) is 11.9 Å². The second-order valence-corrected chi connectivity index (χ2v) is 4.23. The minimum Gasteiger partial charge on any atom is -0.465 e. The molecule has 0 spiro atoms. The molecule has 0 saturated carbocycles. The lowest BCUT2D eigenvalue weighted by Crippen LogP contribution is -2.47. The van der Waals surface area contributed by atoms with Crippen LogP contribution in [-0.2, 0) is 9.53 Å². The Morgan fingerprint density at radius 2 is 2.08 bits per heavy atom. The van der Waals surface area contributed by atoms with Crippen molar-refractivity contribution in [1.82, 2.24) is 5.32 Å². The molecule has 3 nitrogen and oxygen atoms in total. The van der Waals surface area contributed by atoms with Crippen LogP contribution in [0.3, 0.4) is 0 Å². The Balaban J connectivity index is 2.21. The molecule has 0 aromatic rings. The molecule has 1 heterocycles. The highest BCUT2D eigenvalue weighted by molar-refractivity contribution is 5.72. The number of nitrogens with one attached hydrogen (secondary N) is 1. The van der Waals surface area contributed by atoms with Gasteiger partial charge >= 0.3 is 5.97 Å². The first-order valence-electron chi connectivity index (χ1n) is 4.98. The molecule has 3 heteroatoms. The molecule has 1 rings (SSSR count). The second-order valence-electron chi connectivity index (χ2n) is 4.23. The van der Waals surface area contributed by atoms with E-state index in [2.05, 4.69) is 5.32 Å². The Morgan fingerprint density at radius 1 is 1.46 bits per heavy atom. The summed E-state index contributed by atoms with van der Waals surface area (Å²) in [6.45, 7) is 8.50. The zero-order chi connectivity index (χ0) is 9.84. The first kappa shape index (κ1) is 10.5. The van der Waals surface area contributed by atoms with Gasteiger partial charge in [0.2, 0.25) is 0 Å². The molecule has 76 valence electrons. The lowest BCUT2D eigenvalue weighted by Gasteiger charge is -2.31. The van der Waals surface area contributed by atoms with Gasteiger partial charge in [-0.25, -0.2) is 0 Å². The van der Waals surface area contributed by atoms with E-state index in [0.717, 1.165) is 13.1 Å². The number of rotatable bonds is 4. The molecule has 1 aliphatic rings. The molecular weight excluding hydrogens is 166 g/mol. The summed E-state index contributed by atoms with van der Waals surface area (Å²) in [6.07, 6.45) is 0. The maximum atomic E-state index is 11.4. The normalized spacial score (nSPS) is 19.7. The van der Waals surface area contributed by atoms with Crippen molar-refractivity contribution in [2.24, 2.45) is 17.8 Å². The van der Waals surface area contributed by atoms with Crippen molar-refractivity contribution in [3.63, 3.8) is 0 Å². The first-order chi connectivity index (χ1) is 6.11. The van der Waals surface area contributed by atoms with Crippen LogP contribution in [-0.4, -0.2) is 25.7 Å². The number of carbonyl (C=O) groups excluding carboxylic acids is 1. The largest absolute Gasteiger partial charge is 0.465 e. The highest BCUT2D eigenvalue weighted by Crippen LogP contribution is 2.17. The van der Waals surface area contributed by atoms with Gasteiger partial charge in [-0.05, 0) is 24.9 Å². The zero-order valence-electron chi connectivity index (χ0n) is 8.67. The van der Waals surface area contributed by atoms with Crippen LogP contribution in [0.4, 0.5) is 0 Å². The van der Waals surface area contributed by atoms with Gasteiger partial charge in [0.25, 0.3) is 0 Å². The molecule has 0 amide bonds. The third kappa shape index (κ3) is 2.99. The molecule has 0 bridgehead atoms. The monoisotopic (exact) mass is 185 g/mol. The lowest BCUT2D eigenvalue weighted by molar-refractivity contribution is -0.151. The van der Waals surface area contributed by atoms with E-state index in [4.69, 9.17) is 4.74 Å². The summed E-state index contributed by atoms with van der Waals surface area (Å²) in [5.41, 5.74) is 0. The molecule has 0 radical (unpaired) electrons. The molecular formula is C10H19NO2. The quantitative estimate of drug-likeness (QED) is 0.665. The fourth-order valence-electron chi connectivity index (χ4n) is 1.24. The molecule has 13 heavy (non-hydrogen) atoms. The van der Waals surface area contributed by atoms with E-state index >= 15 is 0 Å². The Bertz CT molecular complexity index is 176. The summed E-state index contributed by atoms with van der Waals surface area (Å²) in [5, 5.41) is 3.15. The van der Waals surface area contributed by atoms with Crippen LogP contribution in [0, 0.1) is 17.8 Å². The summed E-state index contributed by atoms with van der Waals surface area (Å²) >= 11 is 0. The number of carbonyl (C=O) groups is 1. The third-order valence-corrected chi connectivity index (χ3v) is 2.45. The maximum absolute atomic E-state index is 11.4. The molecule has 0 aromatic carbocycles. The number of hydrogen-bond donors (Lipinski definition) is 1. The molecule has 1 unspecified atom stereocenters. The van der Waals surface area contributed by atoms with Gasteiger partial charge in [-0.2, -0.15) is 0 Å². The van der Waals surface area contributed by atoms with Crippen LogP contribution in [0.5, 0.6) is 0 Å². The topological polar surface area (TPSA) is 38.3 Å². The molecule has 1 N–H and O–H groups in total. The zero-order valence-corrected chi connectivity index (χ0v) is 8.67. The molecule has 0 aromatic heterocycles. The number of hydrogen-bond acceptors (Lipinski definition) is 3. The van der Waals surface area contributed by atoms with Gasteiger partial charge in [0.1, 0.15) is 0 Å². The van der Waals surface area contributed by atoms with Crippen LogP contribution >= 0.6 is 0 Å². The molecule has 1 fully saturated rings. The van der Waals surface area contributed by atoms with Crippen molar-refractivity contribution in [3.05, 3.63) is 0 Å². The molecule has 0 aliphatic carbocycles. The minimum absolute atomic E-state index is 0.0415. The standard InChI is InChI=1S/C10H19NO2/c1-7(2)6-13-10(12)8(3)9-4-11-5-9/h7-9,11H,4-6H2,1-3H3.